The van der Waals surface area contributed by atoms with Crippen LogP contribution in [-0.4, -0.2) is 17.4 Å². The van der Waals surface area contributed by atoms with Crippen LogP contribution in [0.2, 0.25) is 0 Å². The summed E-state index contributed by atoms with van der Waals surface area (Å²) in [4.78, 5) is 0. The molecule has 0 atom stereocenters. The molecule has 0 rings (SSSR count). The monoisotopic (exact) mass is 191 g/mol. The maximum atomic E-state index is 5.10. The van der Waals surface area contributed by atoms with E-state index in [1.54, 1.807) is 6.20 Å². The van der Waals surface area contributed by atoms with E-state index < -0.39 is 0 Å². The molecule has 0 fully saturated rings. The number of thiocarbonyl (C=S) groups is 1. The van der Waals surface area contributed by atoms with E-state index in [0.29, 0.717) is 4.32 Å². The van der Waals surface area contributed by atoms with Crippen LogP contribution in [-0.2, 0) is 0 Å². The van der Waals surface area contributed by atoms with Gasteiger partial charge in [0, 0.05) is 25.5 Å². The van der Waals surface area contributed by atoms with E-state index in [0.717, 1.165) is 19.5 Å². The molecule has 0 aliphatic carbocycles. The van der Waals surface area contributed by atoms with Gasteiger partial charge in [0.15, 0.2) is 0 Å². The van der Waals surface area contributed by atoms with Crippen LogP contribution in [0.15, 0.2) is 12.4 Å². The third kappa shape index (κ3) is 9.58. The molecule has 0 heterocycles. The zero-order valence-electron chi connectivity index (χ0n) is 6.21. The molecule has 11 heavy (non-hydrogen) atoms. The van der Waals surface area contributed by atoms with E-state index in [9.17, 15) is 0 Å². The normalized spacial score (nSPS) is 9.91. The molecule has 0 aromatic rings. The Labute approximate surface area is 77.8 Å². The average molecular weight is 191 g/mol. The Hall–Kier alpha value is -0.420. The van der Waals surface area contributed by atoms with E-state index in [4.69, 9.17) is 18.0 Å². The molecule has 0 radical (unpaired) electrons. The summed E-state index contributed by atoms with van der Waals surface area (Å²) in [5.41, 5.74) is 5.10. The molecule has 0 aliphatic heterocycles. The highest BCUT2D eigenvalue weighted by molar-refractivity contribution is 8.11. The summed E-state index contributed by atoms with van der Waals surface area (Å²) in [6.45, 7) is 1.73. The van der Waals surface area contributed by atoms with Crippen LogP contribution >= 0.6 is 24.8 Å². The Balaban J connectivity index is 2.96. The molecule has 0 unspecified atom stereocenters. The second kappa shape index (κ2) is 7.68. The van der Waals surface area contributed by atoms with Crippen LogP contribution in [0.4, 0.5) is 0 Å². The largest absolute Gasteiger partial charge is 0.403 e. The summed E-state index contributed by atoms with van der Waals surface area (Å²) in [7, 11) is 0. The van der Waals surface area contributed by atoms with Gasteiger partial charge < -0.3 is 16.4 Å². The summed E-state index contributed by atoms with van der Waals surface area (Å²) in [6, 6.07) is 0. The van der Waals surface area contributed by atoms with Crippen molar-refractivity contribution < 1.29 is 0 Å². The molecular formula is C6H13N3S2. The molecule has 0 aliphatic rings. The molecule has 64 valence electrons. The molecule has 0 saturated carbocycles. The van der Waals surface area contributed by atoms with Crippen LogP contribution in [0.1, 0.15) is 6.42 Å². The maximum Gasteiger partial charge on any atom is 0.130 e. The van der Waals surface area contributed by atoms with Crippen molar-refractivity contribution >= 4 is 29.2 Å². The SMILES string of the molecule is N/C=C\NCCCNC(=S)S. The lowest BCUT2D eigenvalue weighted by atomic mass is 10.4. The molecule has 0 bridgehead atoms. The Morgan fingerprint density at radius 1 is 1.55 bits per heavy atom. The molecule has 0 amide bonds. The fourth-order valence-electron chi connectivity index (χ4n) is 0.537. The van der Waals surface area contributed by atoms with Crippen molar-refractivity contribution in [3.63, 3.8) is 0 Å². The predicted molar refractivity (Wildman–Crippen MR) is 55.5 cm³/mol. The van der Waals surface area contributed by atoms with Crippen LogP contribution in [0.3, 0.4) is 0 Å². The first kappa shape index (κ1) is 10.6. The van der Waals surface area contributed by atoms with Crippen LogP contribution in [0.5, 0.6) is 0 Å². The quantitative estimate of drug-likeness (QED) is 0.285. The smallest absolute Gasteiger partial charge is 0.130 e. The standard InChI is InChI=1S/C6H13N3S2/c7-2-5-8-3-1-4-9-6(10)11/h2,5,8H,1,3-4,7H2,(H2,9,10,11)/b5-2-. The number of hydrogen-bond donors (Lipinski definition) is 4. The van der Waals surface area contributed by atoms with Gasteiger partial charge in [0.2, 0.25) is 0 Å². The third-order valence-corrected chi connectivity index (χ3v) is 1.29. The van der Waals surface area contributed by atoms with E-state index in [-0.39, 0.29) is 0 Å². The summed E-state index contributed by atoms with van der Waals surface area (Å²) < 4.78 is 0.541. The van der Waals surface area contributed by atoms with Crippen molar-refractivity contribution in [2.75, 3.05) is 13.1 Å². The van der Waals surface area contributed by atoms with Crippen LogP contribution in [0, 0.1) is 0 Å². The van der Waals surface area contributed by atoms with Gasteiger partial charge in [-0.3, -0.25) is 0 Å². The van der Waals surface area contributed by atoms with E-state index >= 15 is 0 Å². The molecule has 0 saturated heterocycles. The van der Waals surface area contributed by atoms with E-state index in [1.165, 1.54) is 6.20 Å². The van der Waals surface area contributed by atoms with E-state index in [2.05, 4.69) is 23.3 Å². The van der Waals surface area contributed by atoms with Crippen molar-refractivity contribution in [3.8, 4) is 0 Å². The van der Waals surface area contributed by atoms with Crippen molar-refractivity contribution in [3.05, 3.63) is 12.4 Å². The molecule has 0 aromatic carbocycles. The molecule has 3 nitrogen and oxygen atoms in total. The Bertz CT molecular complexity index is 136. The van der Waals surface area contributed by atoms with Crippen molar-refractivity contribution in [2.24, 2.45) is 5.73 Å². The van der Waals surface area contributed by atoms with Gasteiger partial charge in [0.1, 0.15) is 4.32 Å². The number of hydrogen-bond acceptors (Lipinski definition) is 3. The minimum absolute atomic E-state index is 0.541. The lowest BCUT2D eigenvalue weighted by Crippen LogP contribution is -2.21. The first-order valence-corrected chi connectivity index (χ1v) is 4.20. The highest BCUT2D eigenvalue weighted by atomic mass is 32.1. The van der Waals surface area contributed by atoms with Gasteiger partial charge >= 0.3 is 0 Å². The van der Waals surface area contributed by atoms with Crippen LogP contribution < -0.4 is 16.4 Å². The fraction of sp³-hybridized carbons (Fsp3) is 0.500. The lowest BCUT2D eigenvalue weighted by molar-refractivity contribution is 0.730. The fourth-order valence-corrected chi connectivity index (χ4v) is 0.751. The zero-order chi connectivity index (χ0) is 8.53. The number of thiol groups is 1. The summed E-state index contributed by atoms with van der Waals surface area (Å²) in [5.74, 6) is 0. The number of nitrogens with two attached hydrogens (primary N) is 1. The average Bonchev–Trinajstić information content (AvgIpc) is 1.96. The summed E-state index contributed by atoms with van der Waals surface area (Å²) >= 11 is 8.60. The van der Waals surface area contributed by atoms with E-state index in [1.807, 2.05) is 0 Å². The van der Waals surface area contributed by atoms with Gasteiger partial charge in [0.25, 0.3) is 0 Å². The Morgan fingerprint density at radius 2 is 2.27 bits per heavy atom. The molecule has 5 heteroatoms. The first-order chi connectivity index (χ1) is 5.27. The first-order valence-electron chi connectivity index (χ1n) is 3.34. The second-order valence-corrected chi connectivity index (χ2v) is 3.06. The highest BCUT2D eigenvalue weighted by Gasteiger charge is 1.85. The molecule has 0 aromatic heterocycles. The second-order valence-electron chi connectivity index (χ2n) is 1.90. The van der Waals surface area contributed by atoms with Gasteiger partial charge in [0.05, 0.1) is 0 Å². The van der Waals surface area contributed by atoms with Crippen molar-refractivity contribution in [1.82, 2.24) is 10.6 Å². The summed E-state index contributed by atoms with van der Waals surface area (Å²) in [6.07, 6.45) is 4.17. The van der Waals surface area contributed by atoms with Crippen molar-refractivity contribution in [1.29, 1.82) is 0 Å². The molecule has 4 N–H and O–H groups in total. The van der Waals surface area contributed by atoms with Gasteiger partial charge in [-0.25, -0.2) is 0 Å². The number of rotatable bonds is 5. The molecular weight excluding hydrogens is 178 g/mol. The van der Waals surface area contributed by atoms with Gasteiger partial charge in [-0.15, -0.1) is 12.6 Å². The maximum absolute atomic E-state index is 5.10. The Kier molecular flexibility index (Phi) is 7.39. The van der Waals surface area contributed by atoms with Crippen molar-refractivity contribution in [2.45, 2.75) is 6.42 Å². The predicted octanol–water partition coefficient (Wildman–Crippen LogP) is 0.200. The van der Waals surface area contributed by atoms with Crippen LogP contribution in [0.25, 0.3) is 0 Å². The third-order valence-electron chi connectivity index (χ3n) is 0.988. The summed E-state index contributed by atoms with van der Waals surface area (Å²) in [5, 5.41) is 5.92. The number of nitrogens with one attached hydrogen (secondary N) is 2. The Morgan fingerprint density at radius 3 is 2.82 bits per heavy atom. The van der Waals surface area contributed by atoms with Gasteiger partial charge in [-0.2, -0.15) is 0 Å². The van der Waals surface area contributed by atoms with Gasteiger partial charge in [-0.1, -0.05) is 12.2 Å². The minimum atomic E-state index is 0.541. The topological polar surface area (TPSA) is 50.1 Å². The van der Waals surface area contributed by atoms with Gasteiger partial charge in [-0.05, 0) is 6.42 Å². The lowest BCUT2D eigenvalue weighted by Gasteiger charge is -2.02. The molecule has 0 spiro atoms. The zero-order valence-corrected chi connectivity index (χ0v) is 7.92. The minimum Gasteiger partial charge on any atom is -0.403 e. The highest BCUT2D eigenvalue weighted by Crippen LogP contribution is 1.79.